The molecular weight excluding hydrogens is 416 g/mol. The van der Waals surface area contributed by atoms with E-state index in [-0.39, 0.29) is 18.7 Å². The van der Waals surface area contributed by atoms with Crippen LogP contribution in [0.4, 0.5) is 17.1 Å². The first-order chi connectivity index (χ1) is 15.0. The molecule has 0 spiro atoms. The summed E-state index contributed by atoms with van der Waals surface area (Å²) in [6, 6.07) is 24.9. The van der Waals surface area contributed by atoms with Crippen molar-refractivity contribution in [3.8, 4) is 0 Å². The summed E-state index contributed by atoms with van der Waals surface area (Å²) in [6.45, 7) is -0.434. The second-order valence-corrected chi connectivity index (χ2v) is 7.05. The summed E-state index contributed by atoms with van der Waals surface area (Å²) in [4.78, 5) is 38.4. The minimum Gasteiger partial charge on any atom is -0.456 e. The minimum absolute atomic E-state index is 0.0541. The van der Waals surface area contributed by atoms with Gasteiger partial charge in [0.05, 0.1) is 6.42 Å². The predicted molar refractivity (Wildman–Crippen MR) is 120 cm³/mol. The van der Waals surface area contributed by atoms with Gasteiger partial charge in [-0.1, -0.05) is 48.0 Å². The number of carbonyl (C=O) groups is 3. The second-order valence-electron chi connectivity index (χ2n) is 6.62. The molecule has 3 rings (SSSR count). The van der Waals surface area contributed by atoms with Crippen LogP contribution in [0.5, 0.6) is 0 Å². The summed E-state index contributed by atoms with van der Waals surface area (Å²) in [5.74, 6) is -1.35. The second kappa shape index (κ2) is 10.9. The lowest BCUT2D eigenvalue weighted by atomic mass is 10.2. The maximum Gasteiger partial charge on any atom is 0.306 e. The van der Waals surface area contributed by atoms with Gasteiger partial charge in [0, 0.05) is 28.5 Å². The number of hydrogen-bond donors (Lipinski definition) is 1. The number of ether oxygens (including phenoxy) is 1. The highest BCUT2D eigenvalue weighted by molar-refractivity contribution is 6.30. The third kappa shape index (κ3) is 6.69. The van der Waals surface area contributed by atoms with E-state index in [1.807, 2.05) is 60.7 Å². The molecule has 0 fully saturated rings. The average molecular weight is 437 g/mol. The Morgan fingerprint density at radius 2 is 1.32 bits per heavy atom. The maximum atomic E-state index is 12.9. The van der Waals surface area contributed by atoms with Crippen LogP contribution in [0.2, 0.25) is 5.02 Å². The SMILES string of the molecule is O=C(COC(=O)CCC(=O)N(c1ccccc1)c1ccccc1)Nc1ccc(Cl)cc1. The molecule has 6 nitrogen and oxygen atoms in total. The van der Waals surface area contributed by atoms with Gasteiger partial charge in [0.25, 0.3) is 5.91 Å². The van der Waals surface area contributed by atoms with E-state index in [4.69, 9.17) is 16.3 Å². The fourth-order valence-electron chi connectivity index (χ4n) is 2.86. The number of carbonyl (C=O) groups excluding carboxylic acids is 3. The van der Waals surface area contributed by atoms with Gasteiger partial charge in [-0.3, -0.25) is 19.3 Å². The lowest BCUT2D eigenvalue weighted by Crippen LogP contribution is -2.27. The van der Waals surface area contributed by atoms with Crippen molar-refractivity contribution in [1.29, 1.82) is 0 Å². The number of nitrogens with zero attached hydrogens (tertiary/aromatic N) is 1. The van der Waals surface area contributed by atoms with Crippen LogP contribution in [0.1, 0.15) is 12.8 Å². The predicted octanol–water partition coefficient (Wildman–Crippen LogP) is 4.97. The molecule has 158 valence electrons. The van der Waals surface area contributed by atoms with E-state index in [2.05, 4.69) is 5.32 Å². The first-order valence-electron chi connectivity index (χ1n) is 9.67. The molecule has 0 aliphatic heterocycles. The molecule has 3 aromatic rings. The summed E-state index contributed by atoms with van der Waals surface area (Å²) in [7, 11) is 0. The third-order valence-electron chi connectivity index (χ3n) is 4.31. The van der Waals surface area contributed by atoms with Gasteiger partial charge in [0.1, 0.15) is 0 Å². The Labute approximate surface area is 185 Å². The van der Waals surface area contributed by atoms with Gasteiger partial charge < -0.3 is 10.1 Å². The normalized spacial score (nSPS) is 10.2. The third-order valence-corrected chi connectivity index (χ3v) is 4.57. The number of nitrogens with one attached hydrogen (secondary N) is 1. The lowest BCUT2D eigenvalue weighted by Gasteiger charge is -2.23. The Morgan fingerprint density at radius 1 is 0.774 bits per heavy atom. The molecule has 0 saturated carbocycles. The Morgan fingerprint density at radius 3 is 1.87 bits per heavy atom. The first-order valence-corrected chi connectivity index (χ1v) is 10.0. The number of para-hydroxylation sites is 2. The summed E-state index contributed by atoms with van der Waals surface area (Å²) in [6.07, 6.45) is -0.190. The highest BCUT2D eigenvalue weighted by Gasteiger charge is 2.19. The topological polar surface area (TPSA) is 75.7 Å². The Bertz CT molecular complexity index is 985. The van der Waals surface area contributed by atoms with Gasteiger partial charge in [-0.15, -0.1) is 0 Å². The average Bonchev–Trinajstić information content (AvgIpc) is 2.79. The van der Waals surface area contributed by atoms with Crippen molar-refractivity contribution in [2.24, 2.45) is 0 Å². The van der Waals surface area contributed by atoms with E-state index in [9.17, 15) is 14.4 Å². The number of benzene rings is 3. The maximum absolute atomic E-state index is 12.9. The summed E-state index contributed by atoms with van der Waals surface area (Å²) >= 11 is 5.80. The van der Waals surface area contributed by atoms with E-state index in [0.29, 0.717) is 22.1 Å². The van der Waals surface area contributed by atoms with Crippen molar-refractivity contribution >= 4 is 46.4 Å². The molecular formula is C24H21ClN2O4. The van der Waals surface area contributed by atoms with Crippen molar-refractivity contribution in [2.75, 3.05) is 16.8 Å². The molecule has 1 N–H and O–H groups in total. The van der Waals surface area contributed by atoms with Crippen LogP contribution in [0.15, 0.2) is 84.9 Å². The molecule has 3 aromatic carbocycles. The summed E-state index contributed by atoms with van der Waals surface area (Å²) in [5, 5.41) is 3.15. The molecule has 0 heterocycles. The highest BCUT2D eigenvalue weighted by Crippen LogP contribution is 2.26. The van der Waals surface area contributed by atoms with Gasteiger partial charge >= 0.3 is 5.97 Å². The monoisotopic (exact) mass is 436 g/mol. The molecule has 7 heteroatoms. The zero-order chi connectivity index (χ0) is 22.1. The van der Waals surface area contributed by atoms with Crippen LogP contribution >= 0.6 is 11.6 Å². The quantitative estimate of drug-likeness (QED) is 0.506. The molecule has 31 heavy (non-hydrogen) atoms. The van der Waals surface area contributed by atoms with Crippen LogP contribution in [0.3, 0.4) is 0 Å². The van der Waals surface area contributed by atoms with Gasteiger partial charge in [0.2, 0.25) is 5.91 Å². The lowest BCUT2D eigenvalue weighted by molar-refractivity contribution is -0.148. The first kappa shape index (κ1) is 22.1. The van der Waals surface area contributed by atoms with Gasteiger partial charge in [0.15, 0.2) is 6.61 Å². The number of amides is 2. The molecule has 0 aromatic heterocycles. The molecule has 0 aliphatic carbocycles. The van der Waals surface area contributed by atoms with Crippen molar-refractivity contribution in [2.45, 2.75) is 12.8 Å². The summed E-state index contributed by atoms with van der Waals surface area (Å²) in [5.41, 5.74) is 1.95. The summed E-state index contributed by atoms with van der Waals surface area (Å²) < 4.78 is 4.99. The number of hydrogen-bond acceptors (Lipinski definition) is 4. The van der Waals surface area contributed by atoms with Gasteiger partial charge in [-0.2, -0.15) is 0 Å². The van der Waals surface area contributed by atoms with Crippen LogP contribution < -0.4 is 10.2 Å². The number of anilines is 3. The molecule has 0 unspecified atom stereocenters. The van der Waals surface area contributed by atoms with E-state index in [1.54, 1.807) is 29.2 Å². The van der Waals surface area contributed by atoms with E-state index in [0.717, 1.165) is 0 Å². The van der Waals surface area contributed by atoms with Gasteiger partial charge in [-0.25, -0.2) is 0 Å². The van der Waals surface area contributed by atoms with E-state index < -0.39 is 18.5 Å². The molecule has 0 radical (unpaired) electrons. The Kier molecular flexibility index (Phi) is 7.79. The molecule has 0 atom stereocenters. The van der Waals surface area contributed by atoms with Crippen LogP contribution in [-0.2, 0) is 19.1 Å². The smallest absolute Gasteiger partial charge is 0.306 e. The fraction of sp³-hybridized carbons (Fsp3) is 0.125. The zero-order valence-corrected chi connectivity index (χ0v) is 17.4. The molecule has 0 aliphatic rings. The molecule has 0 bridgehead atoms. The minimum atomic E-state index is -0.624. The Hall–Kier alpha value is -3.64. The van der Waals surface area contributed by atoms with Crippen molar-refractivity contribution in [3.05, 3.63) is 90.0 Å². The van der Waals surface area contributed by atoms with Crippen LogP contribution in [-0.4, -0.2) is 24.4 Å². The largest absolute Gasteiger partial charge is 0.456 e. The van der Waals surface area contributed by atoms with Crippen molar-refractivity contribution in [3.63, 3.8) is 0 Å². The molecule has 2 amide bonds. The Balaban J connectivity index is 1.52. The standard InChI is InChI=1S/C24H21ClN2O4/c25-18-11-13-19(14-12-18)26-22(28)17-31-24(30)16-15-23(29)27(20-7-3-1-4-8-20)21-9-5-2-6-10-21/h1-14H,15-17H2,(H,26,28). The number of esters is 1. The van der Waals surface area contributed by atoms with Crippen LogP contribution in [0, 0.1) is 0 Å². The van der Waals surface area contributed by atoms with Gasteiger partial charge in [-0.05, 0) is 48.5 Å². The van der Waals surface area contributed by atoms with Crippen molar-refractivity contribution < 1.29 is 19.1 Å². The van der Waals surface area contributed by atoms with E-state index >= 15 is 0 Å². The fourth-order valence-corrected chi connectivity index (χ4v) is 2.99. The molecule has 0 saturated heterocycles. The van der Waals surface area contributed by atoms with Crippen LogP contribution in [0.25, 0.3) is 0 Å². The van der Waals surface area contributed by atoms with Crippen molar-refractivity contribution in [1.82, 2.24) is 0 Å². The number of rotatable bonds is 8. The number of halogens is 1. The van der Waals surface area contributed by atoms with E-state index in [1.165, 1.54) is 0 Å². The highest BCUT2D eigenvalue weighted by atomic mass is 35.5. The zero-order valence-electron chi connectivity index (χ0n) is 16.7.